The van der Waals surface area contributed by atoms with Crippen molar-refractivity contribution in [3.05, 3.63) is 16.1 Å². The van der Waals surface area contributed by atoms with Gasteiger partial charge in [-0.2, -0.15) is 0 Å². The average molecular weight is 465 g/mol. The number of thiazole rings is 1. The van der Waals surface area contributed by atoms with Crippen molar-refractivity contribution in [2.75, 3.05) is 27.7 Å². The second-order valence-electron chi connectivity index (χ2n) is 6.35. The summed E-state index contributed by atoms with van der Waals surface area (Å²) in [5.41, 5.74) is 0.745. The summed E-state index contributed by atoms with van der Waals surface area (Å²) in [4.78, 5) is 23.0. The Hall–Kier alpha value is -0.900. The quantitative estimate of drug-likeness (QED) is 0.398. The van der Waals surface area contributed by atoms with E-state index in [1.807, 2.05) is 26.4 Å². The maximum absolute atomic E-state index is 12.6. The molecule has 24 heavy (non-hydrogen) atoms. The molecule has 0 bridgehead atoms. The molecule has 2 N–H and O–H groups in total. The van der Waals surface area contributed by atoms with E-state index in [1.54, 1.807) is 23.3 Å². The number of hydrogen-bond donors (Lipinski definition) is 2. The minimum Gasteiger partial charge on any atom is -0.355 e. The molecule has 1 heterocycles. The van der Waals surface area contributed by atoms with Crippen molar-refractivity contribution in [3.63, 3.8) is 0 Å². The fourth-order valence-electron chi connectivity index (χ4n) is 3.11. The van der Waals surface area contributed by atoms with Gasteiger partial charge in [-0.05, 0) is 19.8 Å². The van der Waals surface area contributed by atoms with Crippen molar-refractivity contribution in [1.82, 2.24) is 20.5 Å². The third-order valence-corrected chi connectivity index (χ3v) is 5.28. The highest BCUT2D eigenvalue weighted by Gasteiger charge is 2.42. The van der Waals surface area contributed by atoms with Crippen molar-refractivity contribution in [3.8, 4) is 0 Å². The highest BCUT2D eigenvalue weighted by atomic mass is 127. The minimum atomic E-state index is -0.293. The number of nitrogens with one attached hydrogen (secondary N) is 2. The molecule has 6 nitrogen and oxygen atoms in total. The number of carbonyl (C=O) groups is 1. The van der Waals surface area contributed by atoms with Crippen LogP contribution in [0.4, 0.5) is 0 Å². The van der Waals surface area contributed by atoms with E-state index in [4.69, 9.17) is 0 Å². The van der Waals surface area contributed by atoms with Crippen LogP contribution < -0.4 is 10.6 Å². The highest BCUT2D eigenvalue weighted by molar-refractivity contribution is 14.0. The molecule has 1 aliphatic carbocycles. The van der Waals surface area contributed by atoms with E-state index >= 15 is 0 Å². The summed E-state index contributed by atoms with van der Waals surface area (Å²) < 4.78 is 0. The normalized spacial score (nSPS) is 16.4. The molecule has 1 amide bonds. The van der Waals surface area contributed by atoms with Crippen LogP contribution in [0.25, 0.3) is 0 Å². The molecule has 1 fully saturated rings. The summed E-state index contributed by atoms with van der Waals surface area (Å²) in [5, 5.41) is 9.67. The van der Waals surface area contributed by atoms with Crippen LogP contribution in [0.5, 0.6) is 0 Å². The molecule has 0 aromatic carbocycles. The molecular weight excluding hydrogens is 437 g/mol. The minimum absolute atomic E-state index is 0. The molecule has 136 valence electrons. The third-order valence-electron chi connectivity index (χ3n) is 4.31. The molecule has 0 radical (unpaired) electrons. The summed E-state index contributed by atoms with van der Waals surface area (Å²) in [5.74, 6) is 0.934. The number of rotatable bonds is 5. The number of aryl methyl sites for hydroxylation is 1. The van der Waals surface area contributed by atoms with E-state index in [0.717, 1.165) is 42.3 Å². The predicted molar refractivity (Wildman–Crippen MR) is 110 cm³/mol. The van der Waals surface area contributed by atoms with Gasteiger partial charge in [-0.15, -0.1) is 35.3 Å². The summed E-state index contributed by atoms with van der Waals surface area (Å²) in [7, 11) is 5.41. The zero-order valence-electron chi connectivity index (χ0n) is 14.9. The summed E-state index contributed by atoms with van der Waals surface area (Å²) in [6, 6.07) is 0. The molecule has 2 rings (SSSR count). The van der Waals surface area contributed by atoms with Crippen LogP contribution in [-0.4, -0.2) is 49.4 Å². The molecule has 0 saturated heterocycles. The van der Waals surface area contributed by atoms with E-state index in [1.165, 1.54) is 0 Å². The zero-order valence-corrected chi connectivity index (χ0v) is 18.0. The monoisotopic (exact) mass is 465 g/mol. The van der Waals surface area contributed by atoms with Gasteiger partial charge in [0.1, 0.15) is 5.01 Å². The van der Waals surface area contributed by atoms with Gasteiger partial charge in [-0.25, -0.2) is 4.98 Å². The first-order valence-electron chi connectivity index (χ1n) is 8.04. The molecule has 1 aromatic heterocycles. The lowest BCUT2D eigenvalue weighted by Crippen LogP contribution is -2.49. The molecular formula is C16H28IN5OS. The number of amides is 1. The Balaban J connectivity index is 0.00000288. The van der Waals surface area contributed by atoms with Gasteiger partial charge in [0, 0.05) is 38.8 Å². The molecule has 0 atom stereocenters. The summed E-state index contributed by atoms with van der Waals surface area (Å²) >= 11 is 1.64. The van der Waals surface area contributed by atoms with Crippen LogP contribution in [0.15, 0.2) is 10.4 Å². The van der Waals surface area contributed by atoms with Gasteiger partial charge in [0.25, 0.3) is 0 Å². The van der Waals surface area contributed by atoms with Gasteiger partial charge in [0.15, 0.2) is 5.96 Å². The van der Waals surface area contributed by atoms with Gasteiger partial charge in [0.05, 0.1) is 12.0 Å². The van der Waals surface area contributed by atoms with E-state index in [9.17, 15) is 4.79 Å². The first kappa shape index (κ1) is 21.1. The number of aromatic nitrogens is 1. The highest BCUT2D eigenvalue weighted by Crippen LogP contribution is 2.38. The molecule has 1 aromatic rings. The lowest BCUT2D eigenvalue weighted by Gasteiger charge is -2.31. The zero-order chi connectivity index (χ0) is 16.9. The lowest BCUT2D eigenvalue weighted by molar-refractivity contribution is -0.138. The lowest BCUT2D eigenvalue weighted by atomic mass is 9.84. The standard InChI is InChI=1S/C16H27N5OS.HI/c1-12-10-23-13(20-12)9-18-15(17-2)19-11-16(7-5-6-8-16)14(22)21(3)4;/h10H,5-9,11H2,1-4H3,(H2,17,18,19);1H. The third kappa shape index (κ3) is 5.30. The first-order valence-corrected chi connectivity index (χ1v) is 8.92. The summed E-state index contributed by atoms with van der Waals surface area (Å²) in [6.07, 6.45) is 4.12. The summed E-state index contributed by atoms with van der Waals surface area (Å²) in [6.45, 7) is 3.26. The Bertz CT molecular complexity index is 567. The van der Waals surface area contributed by atoms with Crippen LogP contribution in [-0.2, 0) is 11.3 Å². The fourth-order valence-corrected chi connectivity index (χ4v) is 3.82. The van der Waals surface area contributed by atoms with Crippen LogP contribution in [0, 0.1) is 12.3 Å². The van der Waals surface area contributed by atoms with E-state index in [0.29, 0.717) is 13.1 Å². The first-order chi connectivity index (χ1) is 11.0. The van der Waals surface area contributed by atoms with E-state index < -0.39 is 0 Å². The van der Waals surface area contributed by atoms with Crippen LogP contribution in [0.2, 0.25) is 0 Å². The number of hydrogen-bond acceptors (Lipinski definition) is 4. The Kier molecular flexibility index (Phi) is 8.41. The van der Waals surface area contributed by atoms with Crippen LogP contribution >= 0.6 is 35.3 Å². The Morgan fingerprint density at radius 2 is 2.04 bits per heavy atom. The second-order valence-corrected chi connectivity index (χ2v) is 7.29. The van der Waals surface area contributed by atoms with Gasteiger partial charge in [-0.1, -0.05) is 12.8 Å². The van der Waals surface area contributed by atoms with Crippen molar-refractivity contribution < 1.29 is 4.79 Å². The number of halogens is 1. The molecule has 0 spiro atoms. The molecule has 0 aliphatic heterocycles. The molecule has 1 aliphatic rings. The van der Waals surface area contributed by atoms with Gasteiger partial charge >= 0.3 is 0 Å². The van der Waals surface area contributed by atoms with Gasteiger partial charge in [0.2, 0.25) is 5.91 Å². The van der Waals surface area contributed by atoms with Gasteiger partial charge in [-0.3, -0.25) is 9.79 Å². The topological polar surface area (TPSA) is 69.6 Å². The Labute approximate surface area is 165 Å². The second kappa shape index (κ2) is 9.55. The van der Waals surface area contributed by atoms with Gasteiger partial charge < -0.3 is 15.5 Å². The Morgan fingerprint density at radius 1 is 1.38 bits per heavy atom. The Morgan fingerprint density at radius 3 is 2.54 bits per heavy atom. The maximum Gasteiger partial charge on any atom is 0.230 e. The number of nitrogens with zero attached hydrogens (tertiary/aromatic N) is 3. The largest absolute Gasteiger partial charge is 0.355 e. The molecule has 0 unspecified atom stereocenters. The molecule has 8 heteroatoms. The molecule has 1 saturated carbocycles. The smallest absolute Gasteiger partial charge is 0.230 e. The van der Waals surface area contributed by atoms with Crippen molar-refractivity contribution in [2.24, 2.45) is 10.4 Å². The van der Waals surface area contributed by atoms with Crippen molar-refractivity contribution in [1.29, 1.82) is 0 Å². The van der Waals surface area contributed by atoms with E-state index in [2.05, 4.69) is 20.6 Å². The van der Waals surface area contributed by atoms with Crippen molar-refractivity contribution >= 4 is 47.2 Å². The SMILES string of the molecule is CN=C(NCc1nc(C)cs1)NCC1(C(=O)N(C)C)CCCC1.I. The number of carbonyl (C=O) groups excluding carboxylic acids is 1. The van der Waals surface area contributed by atoms with Crippen molar-refractivity contribution in [2.45, 2.75) is 39.2 Å². The fraction of sp³-hybridized carbons (Fsp3) is 0.688. The van der Waals surface area contributed by atoms with Crippen LogP contribution in [0.1, 0.15) is 36.4 Å². The van der Waals surface area contributed by atoms with Crippen LogP contribution in [0.3, 0.4) is 0 Å². The predicted octanol–water partition coefficient (Wildman–Crippen LogP) is 2.38. The van der Waals surface area contributed by atoms with E-state index in [-0.39, 0.29) is 35.3 Å². The number of guanidine groups is 1. The average Bonchev–Trinajstić information content (AvgIpc) is 3.16. The maximum atomic E-state index is 12.6. The number of aliphatic imine (C=N–C) groups is 1.